The van der Waals surface area contributed by atoms with Crippen LogP contribution in [0.25, 0.3) is 0 Å². The summed E-state index contributed by atoms with van der Waals surface area (Å²) in [4.78, 5) is 4.28. The van der Waals surface area contributed by atoms with Crippen molar-refractivity contribution in [2.45, 2.75) is 30.6 Å². The van der Waals surface area contributed by atoms with E-state index in [4.69, 9.17) is 0 Å². The van der Waals surface area contributed by atoms with Crippen molar-refractivity contribution in [2.24, 2.45) is 7.05 Å². The average molecular weight is 339 g/mol. The van der Waals surface area contributed by atoms with Gasteiger partial charge in [-0.1, -0.05) is 12.1 Å². The van der Waals surface area contributed by atoms with Crippen LogP contribution in [0.5, 0.6) is 0 Å². The average Bonchev–Trinajstić information content (AvgIpc) is 3.24. The fraction of sp³-hybridized carbons (Fsp3) is 0.467. The lowest BCUT2D eigenvalue weighted by atomic mass is 10.1. The van der Waals surface area contributed by atoms with E-state index < -0.39 is 27.5 Å². The predicted molar refractivity (Wildman–Crippen MR) is 81.8 cm³/mol. The molecule has 0 aliphatic heterocycles. The number of sulfone groups is 1. The van der Waals surface area contributed by atoms with Gasteiger partial charge in [0.1, 0.15) is 17.4 Å². The highest BCUT2D eigenvalue weighted by Gasteiger charge is 2.29. The first-order chi connectivity index (χ1) is 10.8. The highest BCUT2D eigenvalue weighted by atomic mass is 32.2. The predicted octanol–water partition coefficient (Wildman–Crippen LogP) is 1.48. The van der Waals surface area contributed by atoms with E-state index in [1.54, 1.807) is 7.05 Å². The summed E-state index contributed by atoms with van der Waals surface area (Å²) in [6, 6.07) is 5.30. The van der Waals surface area contributed by atoms with Crippen molar-refractivity contribution in [3.8, 4) is 0 Å². The van der Waals surface area contributed by atoms with E-state index in [0.29, 0.717) is 17.6 Å². The summed E-state index contributed by atoms with van der Waals surface area (Å²) in [6.07, 6.45) is 0.801. The maximum absolute atomic E-state index is 13.2. The molecule has 0 spiro atoms. The molecule has 1 aliphatic carbocycles. The molecule has 1 atom stereocenters. The van der Waals surface area contributed by atoms with Crippen molar-refractivity contribution in [3.05, 3.63) is 47.3 Å². The molecule has 1 unspecified atom stereocenters. The molecule has 1 N–H and O–H groups in total. The Morgan fingerprint density at radius 1 is 1.43 bits per heavy atom. The van der Waals surface area contributed by atoms with Gasteiger partial charge >= 0.3 is 0 Å². The molecule has 1 heterocycles. The van der Waals surface area contributed by atoms with Gasteiger partial charge in [0.15, 0.2) is 15.7 Å². The van der Waals surface area contributed by atoms with Gasteiger partial charge in [-0.2, -0.15) is 5.10 Å². The van der Waals surface area contributed by atoms with Crippen LogP contribution in [0.3, 0.4) is 0 Å². The van der Waals surface area contributed by atoms with Gasteiger partial charge < -0.3 is 5.11 Å². The maximum atomic E-state index is 13.2. The Balaban J connectivity index is 1.71. The Hall–Kier alpha value is -1.80. The van der Waals surface area contributed by atoms with Gasteiger partial charge in [0.2, 0.25) is 0 Å². The minimum Gasteiger partial charge on any atom is -0.387 e. The summed E-state index contributed by atoms with van der Waals surface area (Å²) in [7, 11) is -1.95. The van der Waals surface area contributed by atoms with Crippen molar-refractivity contribution >= 4 is 9.84 Å². The van der Waals surface area contributed by atoms with Crippen LogP contribution in [0.1, 0.15) is 42.1 Å². The van der Waals surface area contributed by atoms with E-state index >= 15 is 0 Å². The molecule has 1 aromatic heterocycles. The molecule has 1 aliphatic rings. The molecular formula is C15H18FN3O3S. The van der Waals surface area contributed by atoms with Crippen molar-refractivity contribution in [2.75, 3.05) is 5.75 Å². The van der Waals surface area contributed by atoms with Crippen LogP contribution in [0.15, 0.2) is 24.3 Å². The third-order valence-corrected chi connectivity index (χ3v) is 5.33. The molecule has 23 heavy (non-hydrogen) atoms. The highest BCUT2D eigenvalue weighted by molar-refractivity contribution is 7.90. The molecule has 6 nitrogen and oxygen atoms in total. The van der Waals surface area contributed by atoms with Crippen LogP contribution in [-0.2, 0) is 22.6 Å². The number of hydrogen-bond acceptors (Lipinski definition) is 5. The van der Waals surface area contributed by atoms with Gasteiger partial charge in [-0.05, 0) is 30.5 Å². The maximum Gasteiger partial charge on any atom is 0.160 e. The van der Waals surface area contributed by atoms with Gasteiger partial charge in [0.05, 0.1) is 11.9 Å². The number of rotatable bonds is 6. The molecule has 0 bridgehead atoms. The fourth-order valence-corrected chi connectivity index (χ4v) is 3.82. The zero-order valence-electron chi connectivity index (χ0n) is 12.7. The Labute approximate surface area is 133 Å². The van der Waals surface area contributed by atoms with Gasteiger partial charge in [-0.15, -0.1) is 0 Å². The zero-order valence-corrected chi connectivity index (χ0v) is 13.5. The normalized spacial score (nSPS) is 16.5. The molecule has 8 heteroatoms. The van der Waals surface area contributed by atoms with Crippen LogP contribution in [0, 0.1) is 5.82 Å². The van der Waals surface area contributed by atoms with E-state index in [1.165, 1.54) is 22.9 Å². The Kier molecular flexibility index (Phi) is 4.20. The second kappa shape index (κ2) is 6.01. The lowest BCUT2D eigenvalue weighted by Gasteiger charge is -2.11. The number of benzene rings is 1. The molecular weight excluding hydrogens is 321 g/mol. The highest BCUT2D eigenvalue weighted by Crippen LogP contribution is 2.38. The SMILES string of the molecule is Cn1nc(C2CC2)nc1CS(=O)(=O)CC(O)c1cccc(F)c1. The number of halogens is 1. The number of nitrogens with zero attached hydrogens (tertiary/aromatic N) is 3. The zero-order chi connectivity index (χ0) is 16.6. The third kappa shape index (κ3) is 3.94. The first-order valence-corrected chi connectivity index (χ1v) is 9.20. The van der Waals surface area contributed by atoms with E-state index in [9.17, 15) is 17.9 Å². The van der Waals surface area contributed by atoms with Crippen molar-refractivity contribution < 1.29 is 17.9 Å². The molecule has 1 saturated carbocycles. The van der Waals surface area contributed by atoms with Crippen molar-refractivity contribution in [1.29, 1.82) is 0 Å². The molecule has 0 amide bonds. The monoisotopic (exact) mass is 339 g/mol. The van der Waals surface area contributed by atoms with Crippen LogP contribution in [-0.4, -0.2) is 34.0 Å². The third-order valence-electron chi connectivity index (χ3n) is 3.81. The summed E-state index contributed by atoms with van der Waals surface area (Å²) in [6.45, 7) is 0. The number of aliphatic hydroxyl groups excluding tert-OH is 1. The molecule has 1 fully saturated rings. The summed E-state index contributed by atoms with van der Waals surface area (Å²) >= 11 is 0. The summed E-state index contributed by atoms with van der Waals surface area (Å²) in [5, 5.41) is 14.3. The van der Waals surface area contributed by atoms with Gasteiger partial charge in [0, 0.05) is 13.0 Å². The van der Waals surface area contributed by atoms with Crippen molar-refractivity contribution in [1.82, 2.24) is 14.8 Å². The number of aliphatic hydroxyl groups is 1. The van der Waals surface area contributed by atoms with Crippen LogP contribution in [0.2, 0.25) is 0 Å². The second-order valence-electron chi connectivity index (χ2n) is 5.91. The molecule has 1 aromatic carbocycles. The Bertz CT molecular complexity index is 815. The quantitative estimate of drug-likeness (QED) is 0.862. The summed E-state index contributed by atoms with van der Waals surface area (Å²) < 4.78 is 39.2. The van der Waals surface area contributed by atoms with E-state index in [0.717, 1.165) is 18.9 Å². The van der Waals surface area contributed by atoms with Gasteiger partial charge in [0.25, 0.3) is 0 Å². The number of aromatic nitrogens is 3. The van der Waals surface area contributed by atoms with E-state index in [1.807, 2.05) is 0 Å². The Morgan fingerprint density at radius 2 is 2.17 bits per heavy atom. The minimum atomic E-state index is -3.61. The molecule has 124 valence electrons. The summed E-state index contributed by atoms with van der Waals surface area (Å²) in [5.41, 5.74) is 0.241. The standard InChI is InChI=1S/C15H18FN3O3S/c1-19-14(17-15(18-19)10-5-6-10)9-23(21,22)8-13(20)11-3-2-4-12(16)7-11/h2-4,7,10,13,20H,5-6,8-9H2,1H3. The van der Waals surface area contributed by atoms with Crippen LogP contribution >= 0.6 is 0 Å². The Morgan fingerprint density at radius 3 is 2.83 bits per heavy atom. The summed E-state index contributed by atoms with van der Waals surface area (Å²) in [5.74, 6) is 0.0936. The molecule has 0 saturated heterocycles. The fourth-order valence-electron chi connectivity index (χ4n) is 2.38. The van der Waals surface area contributed by atoms with E-state index in [-0.39, 0.29) is 11.3 Å². The topological polar surface area (TPSA) is 85.1 Å². The number of aryl methyl sites for hydroxylation is 1. The molecule has 0 radical (unpaired) electrons. The van der Waals surface area contributed by atoms with E-state index in [2.05, 4.69) is 10.1 Å². The van der Waals surface area contributed by atoms with Gasteiger partial charge in [-0.25, -0.2) is 17.8 Å². The first kappa shape index (κ1) is 16.1. The lowest BCUT2D eigenvalue weighted by Crippen LogP contribution is -2.18. The first-order valence-electron chi connectivity index (χ1n) is 7.38. The second-order valence-corrected chi connectivity index (χ2v) is 8.02. The number of hydrogen-bond donors (Lipinski definition) is 1. The van der Waals surface area contributed by atoms with Crippen molar-refractivity contribution in [3.63, 3.8) is 0 Å². The largest absolute Gasteiger partial charge is 0.387 e. The molecule has 2 aromatic rings. The van der Waals surface area contributed by atoms with Gasteiger partial charge in [-0.3, -0.25) is 4.68 Å². The molecule has 3 rings (SSSR count). The van der Waals surface area contributed by atoms with Crippen LogP contribution in [0.4, 0.5) is 4.39 Å². The smallest absolute Gasteiger partial charge is 0.160 e. The van der Waals surface area contributed by atoms with Crippen LogP contribution < -0.4 is 0 Å². The minimum absolute atomic E-state index is 0.241. The lowest BCUT2D eigenvalue weighted by molar-refractivity contribution is 0.201.